The lowest BCUT2D eigenvalue weighted by Gasteiger charge is -2.34. The second kappa shape index (κ2) is 5.34. The van der Waals surface area contributed by atoms with Crippen LogP contribution in [0.5, 0.6) is 0 Å². The van der Waals surface area contributed by atoms with Gasteiger partial charge in [-0.05, 0) is 12.1 Å². The van der Waals surface area contributed by atoms with E-state index in [1.165, 1.54) is 11.2 Å². The van der Waals surface area contributed by atoms with E-state index in [0.717, 1.165) is 16.7 Å². The normalized spacial score (nSPS) is 19.9. The molecular weight excluding hydrogens is 310 g/mol. The van der Waals surface area contributed by atoms with Gasteiger partial charge in [-0.25, -0.2) is 8.42 Å². The van der Waals surface area contributed by atoms with Crippen molar-refractivity contribution in [2.45, 2.75) is 5.37 Å². The number of H-pyrrole nitrogens is 1. The van der Waals surface area contributed by atoms with Crippen LogP contribution in [0.1, 0.15) is 10.4 Å². The summed E-state index contributed by atoms with van der Waals surface area (Å²) in [5.41, 5.74) is 1.25. The van der Waals surface area contributed by atoms with Crippen molar-refractivity contribution < 1.29 is 13.2 Å². The number of aromatic nitrogens is 2. The highest BCUT2D eigenvalue weighted by Crippen LogP contribution is 2.23. The number of amides is 1. The molecule has 6 nitrogen and oxygen atoms in total. The van der Waals surface area contributed by atoms with E-state index in [9.17, 15) is 13.2 Å². The summed E-state index contributed by atoms with van der Waals surface area (Å²) in [7, 11) is -3.30. The van der Waals surface area contributed by atoms with Crippen LogP contribution >= 0.6 is 11.8 Å². The molecule has 1 saturated heterocycles. The lowest BCUT2D eigenvalue weighted by Crippen LogP contribution is -2.49. The number of thioether (sulfide) groups is 1. The Bertz CT molecular complexity index is 785. The van der Waals surface area contributed by atoms with Crippen molar-refractivity contribution >= 4 is 38.4 Å². The minimum atomic E-state index is -3.30. The number of carbonyl (C=O) groups excluding carboxylic acids is 1. The van der Waals surface area contributed by atoms with Gasteiger partial charge in [-0.3, -0.25) is 9.89 Å². The van der Waals surface area contributed by atoms with Gasteiger partial charge in [0.05, 0.1) is 11.7 Å². The van der Waals surface area contributed by atoms with E-state index in [-0.39, 0.29) is 5.91 Å². The molecule has 3 rings (SSSR count). The van der Waals surface area contributed by atoms with Crippen LogP contribution in [0.3, 0.4) is 0 Å². The van der Waals surface area contributed by atoms with E-state index >= 15 is 0 Å². The summed E-state index contributed by atoms with van der Waals surface area (Å²) in [4.78, 5) is 14.1. The first-order valence-corrected chi connectivity index (χ1v) is 9.58. The molecule has 0 bridgehead atoms. The Morgan fingerprint density at radius 2 is 2.29 bits per heavy atom. The lowest BCUT2D eigenvalue weighted by atomic mass is 10.1. The molecule has 1 aromatic heterocycles. The molecule has 0 saturated carbocycles. The Morgan fingerprint density at radius 1 is 1.48 bits per heavy atom. The minimum Gasteiger partial charge on any atom is -0.320 e. The molecule has 8 heteroatoms. The quantitative estimate of drug-likeness (QED) is 0.895. The maximum absolute atomic E-state index is 12.6. The van der Waals surface area contributed by atoms with Gasteiger partial charge >= 0.3 is 0 Å². The van der Waals surface area contributed by atoms with Crippen molar-refractivity contribution in [3.63, 3.8) is 0 Å². The van der Waals surface area contributed by atoms with Gasteiger partial charge in [0.25, 0.3) is 5.91 Å². The van der Waals surface area contributed by atoms with E-state index < -0.39 is 15.2 Å². The molecule has 0 radical (unpaired) electrons. The zero-order chi connectivity index (χ0) is 15.0. The van der Waals surface area contributed by atoms with Crippen LogP contribution < -0.4 is 0 Å². The van der Waals surface area contributed by atoms with Gasteiger partial charge in [-0.2, -0.15) is 16.9 Å². The molecule has 1 aliphatic rings. The topological polar surface area (TPSA) is 83.1 Å². The zero-order valence-electron chi connectivity index (χ0n) is 11.4. The summed E-state index contributed by atoms with van der Waals surface area (Å²) in [6.07, 6.45) is 2.86. The van der Waals surface area contributed by atoms with Gasteiger partial charge in [0.15, 0.2) is 9.84 Å². The molecule has 1 N–H and O–H groups in total. The monoisotopic (exact) mass is 325 g/mol. The van der Waals surface area contributed by atoms with Crippen LogP contribution in [0, 0.1) is 0 Å². The molecule has 2 heterocycles. The molecule has 1 atom stereocenters. The number of aromatic amines is 1. The summed E-state index contributed by atoms with van der Waals surface area (Å²) >= 11 is 1.56. The van der Waals surface area contributed by atoms with Gasteiger partial charge in [0, 0.05) is 35.3 Å². The Balaban J connectivity index is 1.95. The largest absolute Gasteiger partial charge is 0.320 e. The molecule has 112 valence electrons. The molecule has 0 aliphatic carbocycles. The third-order valence-electron chi connectivity index (χ3n) is 3.53. The number of benzene rings is 1. The first-order valence-electron chi connectivity index (χ1n) is 6.47. The van der Waals surface area contributed by atoms with Crippen LogP contribution in [-0.2, 0) is 9.84 Å². The first-order chi connectivity index (χ1) is 9.97. The van der Waals surface area contributed by atoms with E-state index in [2.05, 4.69) is 10.2 Å². The van der Waals surface area contributed by atoms with Gasteiger partial charge in [0.2, 0.25) is 0 Å². The number of fused-ring (bicyclic) bond motifs is 1. The van der Waals surface area contributed by atoms with E-state index in [4.69, 9.17) is 0 Å². The highest BCUT2D eigenvalue weighted by atomic mass is 32.2. The highest BCUT2D eigenvalue weighted by molar-refractivity contribution is 8.00. The van der Waals surface area contributed by atoms with Gasteiger partial charge in [-0.1, -0.05) is 6.07 Å². The number of carbonyl (C=O) groups is 1. The average molecular weight is 325 g/mol. The standard InChI is InChI=1S/C13H15N3O3S2/c1-21(18,19)12-8-20-5-4-16(12)13(17)9-2-3-10-7-14-15-11(10)6-9/h2-3,6-7,12H,4-5,8H2,1H3,(H,14,15). The minimum absolute atomic E-state index is 0.248. The summed E-state index contributed by atoms with van der Waals surface area (Å²) in [6.45, 7) is 0.447. The molecular formula is C13H15N3O3S2. The second-order valence-corrected chi connectivity index (χ2v) is 8.38. The second-order valence-electron chi connectivity index (χ2n) is 5.03. The molecule has 1 aliphatic heterocycles. The smallest absolute Gasteiger partial charge is 0.255 e. The van der Waals surface area contributed by atoms with Crippen molar-refractivity contribution in [1.82, 2.24) is 15.1 Å². The van der Waals surface area contributed by atoms with E-state index in [1.807, 2.05) is 0 Å². The van der Waals surface area contributed by atoms with Gasteiger partial charge in [0.1, 0.15) is 5.37 Å². The van der Waals surface area contributed by atoms with Gasteiger partial charge < -0.3 is 4.90 Å². The number of rotatable bonds is 2. The lowest BCUT2D eigenvalue weighted by molar-refractivity contribution is 0.0750. The Labute approximate surface area is 126 Å². The van der Waals surface area contributed by atoms with Crippen molar-refractivity contribution in [2.24, 2.45) is 0 Å². The Morgan fingerprint density at radius 3 is 3.05 bits per heavy atom. The highest BCUT2D eigenvalue weighted by Gasteiger charge is 2.34. The fraction of sp³-hybridized carbons (Fsp3) is 0.385. The summed E-state index contributed by atoms with van der Waals surface area (Å²) < 4.78 is 23.8. The fourth-order valence-electron chi connectivity index (χ4n) is 2.40. The summed E-state index contributed by atoms with van der Waals surface area (Å²) in [6, 6.07) is 5.23. The summed E-state index contributed by atoms with van der Waals surface area (Å²) in [5, 5.41) is 6.90. The summed E-state index contributed by atoms with van der Waals surface area (Å²) in [5.74, 6) is 0.934. The van der Waals surface area contributed by atoms with Crippen LogP contribution in [0.2, 0.25) is 0 Å². The van der Waals surface area contributed by atoms with E-state index in [1.54, 1.807) is 36.2 Å². The maximum Gasteiger partial charge on any atom is 0.255 e. The maximum atomic E-state index is 12.6. The molecule has 1 unspecified atom stereocenters. The average Bonchev–Trinajstić information content (AvgIpc) is 2.93. The number of hydrogen-bond donors (Lipinski definition) is 1. The number of sulfone groups is 1. The predicted octanol–water partition coefficient (Wildman–Crippen LogP) is 1.12. The van der Waals surface area contributed by atoms with E-state index in [0.29, 0.717) is 17.9 Å². The number of nitrogens with one attached hydrogen (secondary N) is 1. The zero-order valence-corrected chi connectivity index (χ0v) is 13.1. The van der Waals surface area contributed by atoms with Crippen LogP contribution in [0.15, 0.2) is 24.4 Å². The molecule has 1 amide bonds. The molecule has 21 heavy (non-hydrogen) atoms. The van der Waals surface area contributed by atoms with Gasteiger partial charge in [-0.15, -0.1) is 0 Å². The molecule has 1 aromatic carbocycles. The molecule has 2 aromatic rings. The Kier molecular flexibility index (Phi) is 3.66. The van der Waals surface area contributed by atoms with Crippen LogP contribution in [-0.4, -0.2) is 59.1 Å². The van der Waals surface area contributed by atoms with Crippen molar-refractivity contribution in [3.8, 4) is 0 Å². The number of hydrogen-bond acceptors (Lipinski definition) is 5. The first kappa shape index (κ1) is 14.4. The molecule has 1 fully saturated rings. The van der Waals surface area contributed by atoms with Crippen LogP contribution in [0.4, 0.5) is 0 Å². The predicted molar refractivity (Wildman–Crippen MR) is 83.1 cm³/mol. The fourth-order valence-corrected chi connectivity index (χ4v) is 5.22. The van der Waals surface area contributed by atoms with Crippen molar-refractivity contribution in [1.29, 1.82) is 0 Å². The van der Waals surface area contributed by atoms with Crippen LogP contribution in [0.25, 0.3) is 10.9 Å². The van der Waals surface area contributed by atoms with Crippen molar-refractivity contribution in [3.05, 3.63) is 30.0 Å². The third kappa shape index (κ3) is 2.77. The Hall–Kier alpha value is -1.54. The SMILES string of the molecule is CS(=O)(=O)C1CSCCN1C(=O)c1ccc2cn[nH]c2c1. The van der Waals surface area contributed by atoms with Crippen molar-refractivity contribution in [2.75, 3.05) is 24.3 Å². The number of nitrogens with zero attached hydrogens (tertiary/aromatic N) is 2. The molecule has 0 spiro atoms. The third-order valence-corrected chi connectivity index (χ3v) is 6.17.